The molecule has 9 heteroatoms. The summed E-state index contributed by atoms with van der Waals surface area (Å²) in [5.41, 5.74) is 19.1. The van der Waals surface area contributed by atoms with Gasteiger partial charge in [-0.05, 0) is 91.2 Å². The van der Waals surface area contributed by atoms with Crippen LogP contribution in [-0.2, 0) is 16.6 Å². The summed E-state index contributed by atoms with van der Waals surface area (Å²) < 4.78 is 6.13. The highest BCUT2D eigenvalue weighted by molar-refractivity contribution is 5.90. The Balaban J connectivity index is 1.12. The number of aryl methyl sites for hydroxylation is 1. The second-order valence-electron chi connectivity index (χ2n) is 14.7. The standard InChI is InChI=1S/C39H52N4O5/c1-2-6-29(44)19-31(46)20-30(45)11-9-26-10-12-35(47)36(17-26)48-25-43-22-32-33(21-42-34(32)23-43)39(16-15-38(24-39)13-3-4-14-38)28-8-5-7-27(18-28)37(40)41/h5,7-8,10,12,17-18,21,23,29,31,37,44,46-47H,2-4,6,9,11,13-16,19-20,22,24-25,40-41H2,1H3/t29-,31+,39-/m0/s1. The Morgan fingerprint density at radius 3 is 2.65 bits per heavy atom. The normalized spacial score (nSPS) is 22.5. The van der Waals surface area contributed by atoms with Gasteiger partial charge in [0.15, 0.2) is 18.2 Å². The maximum atomic E-state index is 12.5. The molecule has 0 unspecified atom stereocenters. The zero-order valence-electron chi connectivity index (χ0n) is 28.2. The number of nitrogens with zero attached hydrogens (tertiary/aromatic N) is 2. The van der Waals surface area contributed by atoms with Crippen molar-refractivity contribution in [2.75, 3.05) is 13.3 Å². The number of phenols is 1. The van der Waals surface area contributed by atoms with Gasteiger partial charge < -0.3 is 36.4 Å². The molecule has 0 saturated heterocycles. The zero-order valence-corrected chi connectivity index (χ0v) is 28.2. The molecule has 4 aliphatic rings. The molecule has 9 nitrogen and oxygen atoms in total. The van der Waals surface area contributed by atoms with Crippen LogP contribution in [0.2, 0.25) is 0 Å². The van der Waals surface area contributed by atoms with E-state index in [9.17, 15) is 20.1 Å². The van der Waals surface area contributed by atoms with Gasteiger partial charge >= 0.3 is 0 Å². The molecular formula is C39H52N4O5. The van der Waals surface area contributed by atoms with Crippen LogP contribution in [-0.4, -0.2) is 57.7 Å². The van der Waals surface area contributed by atoms with Crippen LogP contribution in [0.5, 0.6) is 11.5 Å². The molecule has 2 heterocycles. The number of carbonyl (C=O) groups excluding carboxylic acids is 1. The number of allylic oxidation sites excluding steroid dienone is 1. The molecule has 0 amide bonds. The highest BCUT2D eigenvalue weighted by Crippen LogP contribution is 2.61. The number of ether oxygens (including phenoxy) is 1. The molecule has 3 atom stereocenters. The highest BCUT2D eigenvalue weighted by atomic mass is 16.5. The van der Waals surface area contributed by atoms with E-state index in [1.165, 1.54) is 48.8 Å². The Hall–Kier alpha value is -3.50. The highest BCUT2D eigenvalue weighted by Gasteiger charge is 2.53. The molecule has 1 spiro atoms. The summed E-state index contributed by atoms with van der Waals surface area (Å²) in [6, 6.07) is 13.7. The Labute approximate surface area is 284 Å². The molecule has 2 aromatic rings. The van der Waals surface area contributed by atoms with Gasteiger partial charge in [0.25, 0.3) is 0 Å². The van der Waals surface area contributed by atoms with Gasteiger partial charge in [0.2, 0.25) is 0 Å². The number of ketones is 1. The maximum Gasteiger partial charge on any atom is 0.163 e. The predicted molar refractivity (Wildman–Crippen MR) is 187 cm³/mol. The van der Waals surface area contributed by atoms with Crippen molar-refractivity contribution in [2.24, 2.45) is 21.9 Å². The summed E-state index contributed by atoms with van der Waals surface area (Å²) in [6.07, 6.45) is 13.2. The lowest BCUT2D eigenvalue weighted by atomic mass is 9.68. The van der Waals surface area contributed by atoms with Crippen molar-refractivity contribution in [3.8, 4) is 11.5 Å². The van der Waals surface area contributed by atoms with Crippen LogP contribution in [0.25, 0.3) is 0 Å². The second-order valence-corrected chi connectivity index (χ2v) is 14.7. The number of phenolic OH excluding ortho intramolecular Hbond substituents is 1. The van der Waals surface area contributed by atoms with Gasteiger partial charge in [-0.3, -0.25) is 9.79 Å². The minimum Gasteiger partial charge on any atom is -0.504 e. The molecule has 0 radical (unpaired) electrons. The van der Waals surface area contributed by atoms with Crippen LogP contribution >= 0.6 is 0 Å². The number of aliphatic hydroxyl groups excluding tert-OH is 2. The average Bonchev–Trinajstić information content (AvgIpc) is 3.85. The minimum atomic E-state index is -0.839. The van der Waals surface area contributed by atoms with Crippen LogP contribution in [0, 0.1) is 5.41 Å². The average molecular weight is 657 g/mol. The Kier molecular flexibility index (Phi) is 10.4. The van der Waals surface area contributed by atoms with Gasteiger partial charge in [-0.25, -0.2) is 0 Å². The second kappa shape index (κ2) is 14.5. The van der Waals surface area contributed by atoms with Gasteiger partial charge in [-0.2, -0.15) is 0 Å². The molecule has 0 aromatic heterocycles. The molecule has 2 aromatic carbocycles. The van der Waals surface area contributed by atoms with E-state index in [-0.39, 0.29) is 42.9 Å². The van der Waals surface area contributed by atoms with Gasteiger partial charge in [0.1, 0.15) is 5.78 Å². The van der Waals surface area contributed by atoms with Gasteiger partial charge in [-0.15, -0.1) is 0 Å². The predicted octanol–water partition coefficient (Wildman–Crippen LogP) is 5.67. The van der Waals surface area contributed by atoms with E-state index >= 15 is 0 Å². The number of Topliss-reactive ketones (excluding diaryl/α,β-unsaturated/α-hetero) is 1. The van der Waals surface area contributed by atoms with Crippen LogP contribution < -0.4 is 16.2 Å². The topological polar surface area (TPSA) is 155 Å². The number of nitrogens with two attached hydrogens (primary N) is 2. The van der Waals surface area contributed by atoms with E-state index in [0.29, 0.717) is 30.6 Å². The fraction of sp³-hybridized carbons (Fsp3) is 0.538. The molecule has 2 aliphatic carbocycles. The Morgan fingerprint density at radius 1 is 1.06 bits per heavy atom. The van der Waals surface area contributed by atoms with Crippen molar-refractivity contribution in [1.29, 1.82) is 0 Å². The fourth-order valence-corrected chi connectivity index (χ4v) is 8.62. The molecule has 7 N–H and O–H groups in total. The lowest BCUT2D eigenvalue weighted by Gasteiger charge is -2.35. The number of rotatable bonds is 15. The summed E-state index contributed by atoms with van der Waals surface area (Å²) in [4.78, 5) is 19.5. The first-order valence-corrected chi connectivity index (χ1v) is 17.8. The molecule has 2 fully saturated rings. The monoisotopic (exact) mass is 656 g/mol. The first-order chi connectivity index (χ1) is 23.1. The smallest absolute Gasteiger partial charge is 0.163 e. The fourth-order valence-electron chi connectivity index (χ4n) is 8.62. The van der Waals surface area contributed by atoms with E-state index < -0.39 is 18.4 Å². The summed E-state index contributed by atoms with van der Waals surface area (Å²) in [5.74, 6) is 0.347. The molecule has 0 bridgehead atoms. The van der Waals surface area contributed by atoms with Crippen LogP contribution in [0.3, 0.4) is 0 Å². The van der Waals surface area contributed by atoms with Crippen molar-refractivity contribution >= 4 is 12.0 Å². The number of hydrogen-bond donors (Lipinski definition) is 5. The van der Waals surface area contributed by atoms with Crippen molar-refractivity contribution in [3.05, 3.63) is 82.2 Å². The number of aliphatic hydroxyl groups is 2. The number of aromatic hydroxyl groups is 1. The molecule has 6 rings (SSSR count). The van der Waals surface area contributed by atoms with Crippen molar-refractivity contribution in [3.63, 3.8) is 0 Å². The first kappa shape index (κ1) is 34.4. The van der Waals surface area contributed by atoms with Gasteiger partial charge in [-0.1, -0.05) is 56.5 Å². The Bertz CT molecular complexity index is 1580. The third kappa shape index (κ3) is 7.39. The summed E-state index contributed by atoms with van der Waals surface area (Å²) in [6.45, 7) is 2.88. The maximum absolute atomic E-state index is 12.5. The summed E-state index contributed by atoms with van der Waals surface area (Å²) in [7, 11) is 0. The molecule has 2 saturated carbocycles. The largest absolute Gasteiger partial charge is 0.504 e. The van der Waals surface area contributed by atoms with Gasteiger partial charge in [0, 0.05) is 42.8 Å². The van der Waals surface area contributed by atoms with Gasteiger partial charge in [0.05, 0.1) is 24.1 Å². The van der Waals surface area contributed by atoms with Crippen molar-refractivity contribution < 1.29 is 24.9 Å². The van der Waals surface area contributed by atoms with Crippen LogP contribution in [0.1, 0.15) is 107 Å². The van der Waals surface area contributed by atoms with Crippen LogP contribution in [0.15, 0.2) is 70.5 Å². The third-order valence-electron chi connectivity index (χ3n) is 11.1. The number of hydrogen-bond acceptors (Lipinski definition) is 9. The lowest BCUT2D eigenvalue weighted by Crippen LogP contribution is -2.31. The molecular weight excluding hydrogens is 604 g/mol. The Morgan fingerprint density at radius 2 is 1.88 bits per heavy atom. The van der Waals surface area contributed by atoms with Crippen molar-refractivity contribution in [1.82, 2.24) is 4.90 Å². The third-order valence-corrected chi connectivity index (χ3v) is 11.1. The number of benzene rings is 2. The van der Waals surface area contributed by atoms with E-state index in [0.717, 1.165) is 36.1 Å². The zero-order chi connectivity index (χ0) is 33.9. The lowest BCUT2D eigenvalue weighted by molar-refractivity contribution is -0.121. The quantitative estimate of drug-likeness (QED) is 0.154. The number of carbonyl (C=O) groups is 1. The summed E-state index contributed by atoms with van der Waals surface area (Å²) >= 11 is 0. The number of fused-ring (bicyclic) bond motifs is 1. The SMILES string of the molecule is CCC[C@H](O)C[C@@H](O)CC(=O)CCc1ccc(O)c(OCN2C=C3N=CC([C@@]4(c5cccc(C(N)N)c5)CCC5(CCCC5)C4)=C3C2)c1. The van der Waals surface area contributed by atoms with E-state index in [4.69, 9.17) is 21.2 Å². The van der Waals surface area contributed by atoms with E-state index in [1.54, 1.807) is 18.2 Å². The van der Waals surface area contributed by atoms with E-state index in [1.807, 2.05) is 19.2 Å². The van der Waals surface area contributed by atoms with Crippen molar-refractivity contribution in [2.45, 2.75) is 114 Å². The first-order valence-electron chi connectivity index (χ1n) is 17.8. The van der Waals surface area contributed by atoms with E-state index in [2.05, 4.69) is 29.3 Å². The molecule has 48 heavy (non-hydrogen) atoms. The molecule has 258 valence electrons. The van der Waals surface area contributed by atoms with Crippen LogP contribution in [0.4, 0.5) is 0 Å². The molecule has 2 aliphatic heterocycles. The summed E-state index contributed by atoms with van der Waals surface area (Å²) in [5, 5.41) is 30.7. The minimum absolute atomic E-state index is 0.0282. The number of aliphatic imine (C=N–C) groups is 1.